The van der Waals surface area contributed by atoms with Crippen molar-refractivity contribution >= 4 is 5.91 Å². The Labute approximate surface area is 111 Å². The van der Waals surface area contributed by atoms with Crippen LogP contribution in [0.5, 0.6) is 0 Å². The summed E-state index contributed by atoms with van der Waals surface area (Å²) >= 11 is 0. The van der Waals surface area contributed by atoms with Crippen molar-refractivity contribution in [2.45, 2.75) is 58.0 Å². The van der Waals surface area contributed by atoms with Gasteiger partial charge in [0.05, 0.1) is 6.61 Å². The summed E-state index contributed by atoms with van der Waals surface area (Å²) in [6.07, 6.45) is 5.08. The number of rotatable bonds is 6. The second-order valence-corrected chi connectivity index (χ2v) is 5.67. The maximum atomic E-state index is 12.3. The molecule has 0 radical (unpaired) electrons. The summed E-state index contributed by atoms with van der Waals surface area (Å²) in [5, 5.41) is 0. The van der Waals surface area contributed by atoms with Crippen molar-refractivity contribution in [3.8, 4) is 0 Å². The Morgan fingerprint density at radius 3 is 2.72 bits per heavy atom. The largest absolute Gasteiger partial charge is 0.383 e. The van der Waals surface area contributed by atoms with Crippen molar-refractivity contribution in [2.24, 2.45) is 11.7 Å². The summed E-state index contributed by atoms with van der Waals surface area (Å²) < 4.78 is 5.07. The van der Waals surface area contributed by atoms with Gasteiger partial charge in [-0.1, -0.05) is 6.42 Å². The Morgan fingerprint density at radius 1 is 1.44 bits per heavy atom. The van der Waals surface area contributed by atoms with Gasteiger partial charge in [-0.3, -0.25) is 4.79 Å². The lowest BCUT2D eigenvalue weighted by Gasteiger charge is -2.31. The molecule has 0 aromatic carbocycles. The number of nitrogens with two attached hydrogens (primary N) is 1. The van der Waals surface area contributed by atoms with Crippen LogP contribution in [0.4, 0.5) is 0 Å². The van der Waals surface area contributed by atoms with Crippen LogP contribution in [-0.2, 0) is 9.53 Å². The van der Waals surface area contributed by atoms with E-state index in [0.717, 1.165) is 19.3 Å². The normalized spacial score (nSPS) is 24.3. The second kappa shape index (κ2) is 7.74. The van der Waals surface area contributed by atoms with Gasteiger partial charge in [0.2, 0.25) is 5.91 Å². The SMILES string of the molecule is COCCN(C(=O)CC1CCCC(N)C1)C(C)C. The minimum Gasteiger partial charge on any atom is -0.383 e. The Bertz CT molecular complexity index is 256. The van der Waals surface area contributed by atoms with Gasteiger partial charge in [-0.2, -0.15) is 0 Å². The van der Waals surface area contributed by atoms with Crippen LogP contribution < -0.4 is 5.73 Å². The van der Waals surface area contributed by atoms with Crippen molar-refractivity contribution in [3.05, 3.63) is 0 Å². The molecule has 0 aliphatic heterocycles. The number of amides is 1. The van der Waals surface area contributed by atoms with E-state index in [0.29, 0.717) is 31.5 Å². The van der Waals surface area contributed by atoms with Crippen LogP contribution in [0.15, 0.2) is 0 Å². The van der Waals surface area contributed by atoms with Gasteiger partial charge in [0.15, 0.2) is 0 Å². The smallest absolute Gasteiger partial charge is 0.223 e. The zero-order chi connectivity index (χ0) is 13.5. The highest BCUT2D eigenvalue weighted by atomic mass is 16.5. The number of ether oxygens (including phenoxy) is 1. The van der Waals surface area contributed by atoms with Gasteiger partial charge in [0.25, 0.3) is 0 Å². The molecule has 2 N–H and O–H groups in total. The molecule has 1 aliphatic rings. The molecule has 106 valence electrons. The first-order valence-corrected chi connectivity index (χ1v) is 7.08. The van der Waals surface area contributed by atoms with Crippen molar-refractivity contribution in [1.29, 1.82) is 0 Å². The molecule has 1 fully saturated rings. The molecular formula is C14H28N2O2. The van der Waals surface area contributed by atoms with E-state index >= 15 is 0 Å². The maximum Gasteiger partial charge on any atom is 0.223 e. The molecule has 1 aliphatic carbocycles. The van der Waals surface area contributed by atoms with Crippen LogP contribution in [0.1, 0.15) is 46.0 Å². The summed E-state index contributed by atoms with van der Waals surface area (Å²) in [5.74, 6) is 0.728. The van der Waals surface area contributed by atoms with Gasteiger partial charge in [-0.25, -0.2) is 0 Å². The maximum absolute atomic E-state index is 12.3. The zero-order valence-electron chi connectivity index (χ0n) is 12.0. The van der Waals surface area contributed by atoms with Gasteiger partial charge >= 0.3 is 0 Å². The van der Waals surface area contributed by atoms with Crippen LogP contribution in [0.3, 0.4) is 0 Å². The monoisotopic (exact) mass is 256 g/mol. The predicted molar refractivity (Wildman–Crippen MR) is 73.3 cm³/mol. The van der Waals surface area contributed by atoms with Crippen molar-refractivity contribution in [2.75, 3.05) is 20.3 Å². The van der Waals surface area contributed by atoms with Crippen LogP contribution >= 0.6 is 0 Å². The first-order valence-electron chi connectivity index (χ1n) is 7.08. The standard InChI is InChI=1S/C14H28N2O2/c1-11(2)16(7-8-18-3)14(17)10-12-5-4-6-13(15)9-12/h11-13H,4-10,15H2,1-3H3. The molecular weight excluding hydrogens is 228 g/mol. The van der Waals surface area contributed by atoms with Crippen molar-refractivity contribution in [1.82, 2.24) is 4.90 Å². The van der Waals surface area contributed by atoms with E-state index in [1.165, 1.54) is 6.42 Å². The summed E-state index contributed by atoms with van der Waals surface area (Å²) in [6.45, 7) is 5.40. The fourth-order valence-corrected chi connectivity index (χ4v) is 2.74. The van der Waals surface area contributed by atoms with E-state index in [1.54, 1.807) is 7.11 Å². The topological polar surface area (TPSA) is 55.6 Å². The van der Waals surface area contributed by atoms with E-state index < -0.39 is 0 Å². The molecule has 0 saturated heterocycles. The number of methoxy groups -OCH3 is 1. The van der Waals surface area contributed by atoms with Crippen molar-refractivity contribution < 1.29 is 9.53 Å². The first-order chi connectivity index (χ1) is 8.54. The average molecular weight is 256 g/mol. The molecule has 2 atom stereocenters. The minimum atomic E-state index is 0.241. The molecule has 4 heteroatoms. The molecule has 0 bridgehead atoms. The van der Waals surface area contributed by atoms with Gasteiger partial charge < -0.3 is 15.4 Å². The Hall–Kier alpha value is -0.610. The van der Waals surface area contributed by atoms with Crippen LogP contribution in [0.2, 0.25) is 0 Å². The summed E-state index contributed by atoms with van der Waals surface area (Å²) in [4.78, 5) is 14.2. The number of hydrogen-bond donors (Lipinski definition) is 1. The average Bonchev–Trinajstić information content (AvgIpc) is 2.29. The molecule has 0 aromatic heterocycles. The predicted octanol–water partition coefficient (Wildman–Crippen LogP) is 1.78. The Kier molecular flexibility index (Phi) is 6.65. The molecule has 0 heterocycles. The zero-order valence-corrected chi connectivity index (χ0v) is 12.0. The lowest BCUT2D eigenvalue weighted by atomic mass is 9.84. The number of hydrogen-bond acceptors (Lipinski definition) is 3. The van der Waals surface area contributed by atoms with Gasteiger partial charge in [0.1, 0.15) is 0 Å². The van der Waals surface area contributed by atoms with E-state index in [4.69, 9.17) is 10.5 Å². The number of nitrogens with zero attached hydrogens (tertiary/aromatic N) is 1. The molecule has 18 heavy (non-hydrogen) atoms. The van der Waals surface area contributed by atoms with E-state index in [9.17, 15) is 4.79 Å². The van der Waals surface area contributed by atoms with E-state index in [1.807, 2.05) is 4.90 Å². The second-order valence-electron chi connectivity index (χ2n) is 5.67. The Balaban J connectivity index is 2.44. The third kappa shape index (κ3) is 4.94. The minimum absolute atomic E-state index is 0.241. The van der Waals surface area contributed by atoms with E-state index in [2.05, 4.69) is 13.8 Å². The highest BCUT2D eigenvalue weighted by Crippen LogP contribution is 2.26. The fraction of sp³-hybridized carbons (Fsp3) is 0.929. The highest BCUT2D eigenvalue weighted by Gasteiger charge is 2.25. The summed E-state index contributed by atoms with van der Waals surface area (Å²) in [6, 6.07) is 0.535. The van der Waals surface area contributed by atoms with Crippen LogP contribution in [0.25, 0.3) is 0 Å². The number of carbonyl (C=O) groups is 1. The lowest BCUT2D eigenvalue weighted by molar-refractivity contribution is -0.134. The summed E-state index contributed by atoms with van der Waals surface area (Å²) in [5.41, 5.74) is 5.97. The first kappa shape index (κ1) is 15.4. The Morgan fingerprint density at radius 2 is 2.17 bits per heavy atom. The van der Waals surface area contributed by atoms with Crippen LogP contribution in [-0.4, -0.2) is 43.2 Å². The molecule has 0 aromatic rings. The molecule has 4 nitrogen and oxygen atoms in total. The molecule has 1 saturated carbocycles. The van der Waals surface area contributed by atoms with Crippen LogP contribution in [0, 0.1) is 5.92 Å². The van der Waals surface area contributed by atoms with E-state index in [-0.39, 0.29) is 11.9 Å². The lowest BCUT2D eigenvalue weighted by Crippen LogP contribution is -2.41. The van der Waals surface area contributed by atoms with Gasteiger partial charge in [-0.05, 0) is 39.0 Å². The third-order valence-corrected chi connectivity index (χ3v) is 3.77. The fourth-order valence-electron chi connectivity index (χ4n) is 2.74. The van der Waals surface area contributed by atoms with Crippen molar-refractivity contribution in [3.63, 3.8) is 0 Å². The van der Waals surface area contributed by atoms with Gasteiger partial charge in [0, 0.05) is 32.2 Å². The molecule has 0 spiro atoms. The highest BCUT2D eigenvalue weighted by molar-refractivity contribution is 5.76. The quantitative estimate of drug-likeness (QED) is 0.788. The third-order valence-electron chi connectivity index (χ3n) is 3.77. The molecule has 1 rings (SSSR count). The molecule has 1 amide bonds. The van der Waals surface area contributed by atoms with Gasteiger partial charge in [-0.15, -0.1) is 0 Å². The summed E-state index contributed by atoms with van der Waals surface area (Å²) in [7, 11) is 1.67. The molecule has 2 unspecified atom stereocenters. The number of carbonyl (C=O) groups excluding carboxylic acids is 1.